The average Bonchev–Trinajstić information content (AvgIpc) is 2.72. The van der Waals surface area contributed by atoms with Crippen LogP contribution in [0.1, 0.15) is 48.5 Å². The summed E-state index contributed by atoms with van der Waals surface area (Å²) in [5, 5.41) is 0.459. The SMILES string of the molecule is O=C(Cn1c(=O)n(C2CCCCC2)c(=O)c2cc(Br)ccc21)c1ccccc1. The minimum Gasteiger partial charge on any atom is -0.292 e. The zero-order valence-electron chi connectivity index (χ0n) is 15.4. The quantitative estimate of drug-likeness (QED) is 0.567. The molecule has 1 fully saturated rings. The Morgan fingerprint density at radius 3 is 2.43 bits per heavy atom. The molecule has 0 saturated heterocycles. The van der Waals surface area contributed by atoms with E-state index in [1.807, 2.05) is 6.07 Å². The first-order chi connectivity index (χ1) is 13.6. The van der Waals surface area contributed by atoms with Crippen LogP contribution in [0.15, 0.2) is 62.6 Å². The first-order valence-corrected chi connectivity index (χ1v) is 10.4. The number of benzene rings is 2. The number of Topliss-reactive ketones (excluding diaryl/α,β-unsaturated/α-hetero) is 1. The summed E-state index contributed by atoms with van der Waals surface area (Å²) in [5.74, 6) is -0.152. The molecule has 1 saturated carbocycles. The van der Waals surface area contributed by atoms with E-state index in [4.69, 9.17) is 0 Å². The Morgan fingerprint density at radius 1 is 1.00 bits per heavy atom. The van der Waals surface area contributed by atoms with Crippen LogP contribution in [0.2, 0.25) is 0 Å². The van der Waals surface area contributed by atoms with Gasteiger partial charge in [0.2, 0.25) is 0 Å². The summed E-state index contributed by atoms with van der Waals surface area (Å²) in [4.78, 5) is 39.3. The van der Waals surface area contributed by atoms with Gasteiger partial charge in [-0.1, -0.05) is 65.5 Å². The van der Waals surface area contributed by atoms with Crippen molar-refractivity contribution in [3.8, 4) is 0 Å². The Labute approximate surface area is 170 Å². The zero-order valence-corrected chi connectivity index (χ0v) is 17.0. The maximum atomic E-state index is 13.3. The Balaban J connectivity index is 1.90. The van der Waals surface area contributed by atoms with E-state index in [2.05, 4.69) is 15.9 Å². The molecule has 1 aliphatic carbocycles. The predicted octanol–water partition coefficient (Wildman–Crippen LogP) is 4.31. The lowest BCUT2D eigenvalue weighted by Gasteiger charge is -2.24. The molecule has 0 spiro atoms. The van der Waals surface area contributed by atoms with Crippen LogP contribution in [-0.4, -0.2) is 14.9 Å². The molecule has 144 valence electrons. The number of carbonyl (C=O) groups is 1. The van der Waals surface area contributed by atoms with E-state index < -0.39 is 5.69 Å². The van der Waals surface area contributed by atoms with Gasteiger partial charge in [-0.25, -0.2) is 4.79 Å². The fourth-order valence-corrected chi connectivity index (χ4v) is 4.40. The summed E-state index contributed by atoms with van der Waals surface area (Å²) in [6, 6.07) is 14.1. The van der Waals surface area contributed by atoms with Crippen molar-refractivity contribution >= 4 is 32.6 Å². The Morgan fingerprint density at radius 2 is 1.71 bits per heavy atom. The van der Waals surface area contributed by atoms with Crippen molar-refractivity contribution < 1.29 is 4.79 Å². The molecule has 4 rings (SSSR count). The molecular weight excluding hydrogens is 420 g/mol. The maximum absolute atomic E-state index is 13.3. The lowest BCUT2D eigenvalue weighted by atomic mass is 9.95. The van der Waals surface area contributed by atoms with Crippen LogP contribution in [-0.2, 0) is 6.54 Å². The molecule has 1 heterocycles. The van der Waals surface area contributed by atoms with E-state index in [-0.39, 0.29) is 23.9 Å². The number of hydrogen-bond donors (Lipinski definition) is 0. The van der Waals surface area contributed by atoms with Gasteiger partial charge in [0, 0.05) is 16.1 Å². The summed E-state index contributed by atoms with van der Waals surface area (Å²) in [6.07, 6.45) is 4.79. The van der Waals surface area contributed by atoms with E-state index in [1.165, 1.54) is 9.13 Å². The van der Waals surface area contributed by atoms with Crippen LogP contribution in [0.4, 0.5) is 0 Å². The molecule has 0 aliphatic heterocycles. The Bertz CT molecular complexity index is 1140. The van der Waals surface area contributed by atoms with Crippen molar-refractivity contribution in [1.82, 2.24) is 9.13 Å². The largest absolute Gasteiger partial charge is 0.332 e. The third kappa shape index (κ3) is 3.49. The third-order valence-electron chi connectivity index (χ3n) is 5.47. The molecule has 0 unspecified atom stereocenters. The van der Waals surface area contributed by atoms with Gasteiger partial charge in [0.1, 0.15) is 0 Å². The van der Waals surface area contributed by atoms with Gasteiger partial charge in [0.25, 0.3) is 5.56 Å². The predicted molar refractivity (Wildman–Crippen MR) is 113 cm³/mol. The van der Waals surface area contributed by atoms with Crippen molar-refractivity contribution in [1.29, 1.82) is 0 Å². The molecule has 1 aliphatic rings. The van der Waals surface area contributed by atoms with E-state index in [9.17, 15) is 14.4 Å². The number of aromatic nitrogens is 2. The van der Waals surface area contributed by atoms with Crippen molar-refractivity contribution in [2.24, 2.45) is 0 Å². The first-order valence-electron chi connectivity index (χ1n) is 9.59. The molecule has 0 radical (unpaired) electrons. The topological polar surface area (TPSA) is 61.1 Å². The van der Waals surface area contributed by atoms with Crippen molar-refractivity contribution in [3.63, 3.8) is 0 Å². The van der Waals surface area contributed by atoms with Gasteiger partial charge < -0.3 is 0 Å². The molecular formula is C22H21BrN2O3. The summed E-state index contributed by atoms with van der Waals surface area (Å²) >= 11 is 3.42. The van der Waals surface area contributed by atoms with Crippen LogP contribution in [0.25, 0.3) is 10.9 Å². The first kappa shape index (κ1) is 18.9. The highest BCUT2D eigenvalue weighted by molar-refractivity contribution is 9.10. The molecule has 28 heavy (non-hydrogen) atoms. The molecule has 0 amide bonds. The molecule has 1 aromatic heterocycles. The number of halogens is 1. The second-order valence-electron chi connectivity index (χ2n) is 7.29. The van der Waals surface area contributed by atoms with Gasteiger partial charge in [-0.3, -0.25) is 18.7 Å². The molecule has 3 aromatic rings. The van der Waals surface area contributed by atoms with Crippen LogP contribution < -0.4 is 11.2 Å². The summed E-state index contributed by atoms with van der Waals surface area (Å²) in [5.41, 5.74) is 0.386. The molecule has 0 atom stereocenters. The number of nitrogens with zero attached hydrogens (tertiary/aromatic N) is 2. The third-order valence-corrected chi connectivity index (χ3v) is 5.97. The number of hydrogen-bond acceptors (Lipinski definition) is 3. The van der Waals surface area contributed by atoms with Crippen LogP contribution in [0, 0.1) is 0 Å². The fourth-order valence-electron chi connectivity index (χ4n) is 4.04. The van der Waals surface area contributed by atoms with Crippen molar-refractivity contribution in [2.45, 2.75) is 44.7 Å². The lowest BCUT2D eigenvalue weighted by molar-refractivity contribution is 0.0971. The van der Waals surface area contributed by atoms with Gasteiger partial charge in [0.15, 0.2) is 5.78 Å². The summed E-state index contributed by atoms with van der Waals surface area (Å²) < 4.78 is 3.60. The number of ketones is 1. The smallest absolute Gasteiger partial charge is 0.292 e. The highest BCUT2D eigenvalue weighted by Gasteiger charge is 2.23. The van der Waals surface area contributed by atoms with E-state index in [1.54, 1.807) is 42.5 Å². The normalized spacial score (nSPS) is 15.0. The molecule has 6 heteroatoms. The van der Waals surface area contributed by atoms with Gasteiger partial charge in [0.05, 0.1) is 17.4 Å². The highest BCUT2D eigenvalue weighted by Crippen LogP contribution is 2.26. The molecule has 2 aromatic carbocycles. The second kappa shape index (κ2) is 7.87. The summed E-state index contributed by atoms with van der Waals surface area (Å²) in [6.45, 7) is -0.0893. The highest BCUT2D eigenvalue weighted by atomic mass is 79.9. The van der Waals surface area contributed by atoms with Gasteiger partial charge in [-0.15, -0.1) is 0 Å². The lowest BCUT2D eigenvalue weighted by Crippen LogP contribution is -2.43. The minimum absolute atomic E-state index is 0.0893. The molecule has 0 N–H and O–H groups in total. The minimum atomic E-state index is -0.393. The maximum Gasteiger partial charge on any atom is 0.332 e. The zero-order chi connectivity index (χ0) is 19.7. The van der Waals surface area contributed by atoms with E-state index in [0.717, 1.165) is 36.6 Å². The molecule has 5 nitrogen and oxygen atoms in total. The van der Waals surface area contributed by atoms with E-state index in [0.29, 0.717) is 16.5 Å². The number of rotatable bonds is 4. The fraction of sp³-hybridized carbons (Fsp3) is 0.318. The van der Waals surface area contributed by atoms with Gasteiger partial charge in [-0.2, -0.15) is 0 Å². The van der Waals surface area contributed by atoms with Crippen molar-refractivity contribution in [3.05, 3.63) is 79.4 Å². The van der Waals surface area contributed by atoms with E-state index >= 15 is 0 Å². The van der Waals surface area contributed by atoms with Gasteiger partial charge in [-0.05, 0) is 31.0 Å². The number of carbonyl (C=O) groups excluding carboxylic acids is 1. The van der Waals surface area contributed by atoms with Crippen LogP contribution in [0.5, 0.6) is 0 Å². The van der Waals surface area contributed by atoms with Crippen LogP contribution in [0.3, 0.4) is 0 Å². The second-order valence-corrected chi connectivity index (χ2v) is 8.20. The van der Waals surface area contributed by atoms with Gasteiger partial charge >= 0.3 is 5.69 Å². The standard InChI is InChI=1S/C22H21BrN2O3/c23-16-11-12-19-18(13-16)21(27)25(17-9-5-2-6-10-17)22(28)24(19)14-20(26)15-7-3-1-4-8-15/h1,3-4,7-8,11-13,17H,2,5-6,9-10,14H2. The average molecular weight is 441 g/mol. The Kier molecular flexibility index (Phi) is 5.31. The Hall–Kier alpha value is -2.47. The molecule has 0 bridgehead atoms. The van der Waals surface area contributed by atoms with Crippen molar-refractivity contribution in [2.75, 3.05) is 0 Å². The number of fused-ring (bicyclic) bond motifs is 1. The monoisotopic (exact) mass is 440 g/mol. The summed E-state index contributed by atoms with van der Waals surface area (Å²) in [7, 11) is 0. The van der Waals surface area contributed by atoms with Crippen LogP contribution >= 0.6 is 15.9 Å².